The van der Waals surface area contributed by atoms with Gasteiger partial charge in [0.05, 0.1) is 13.5 Å². The van der Waals surface area contributed by atoms with Crippen molar-refractivity contribution < 1.29 is 19.1 Å². The fourth-order valence-corrected chi connectivity index (χ4v) is 5.72. The van der Waals surface area contributed by atoms with Gasteiger partial charge in [0.2, 0.25) is 11.8 Å². The molecule has 0 aromatic carbocycles. The molecule has 4 aliphatic carbocycles. The molecule has 0 saturated heterocycles. The molecule has 0 aromatic rings. The van der Waals surface area contributed by atoms with E-state index in [9.17, 15) is 14.4 Å². The van der Waals surface area contributed by atoms with E-state index in [4.69, 9.17) is 0 Å². The monoisotopic (exact) mass is 364 g/mol. The molecule has 4 rings (SSSR count). The van der Waals surface area contributed by atoms with E-state index >= 15 is 0 Å². The van der Waals surface area contributed by atoms with E-state index < -0.39 is 6.04 Å². The van der Waals surface area contributed by atoms with E-state index in [0.29, 0.717) is 17.8 Å². The normalized spacial score (nSPS) is 33.0. The molecule has 4 fully saturated rings. The molecule has 1 unspecified atom stereocenters. The number of ether oxygens (including phenoxy) is 1. The first-order chi connectivity index (χ1) is 12.3. The second-order valence-electron chi connectivity index (χ2n) is 9.01. The summed E-state index contributed by atoms with van der Waals surface area (Å²) in [6.45, 7) is 4.09. The molecule has 1 atom stereocenters. The van der Waals surface area contributed by atoms with Crippen molar-refractivity contribution in [3.8, 4) is 0 Å². The number of methoxy groups -OCH3 is 1. The molecule has 0 heterocycles. The summed E-state index contributed by atoms with van der Waals surface area (Å²) in [5, 5.41) is 5.81. The topological polar surface area (TPSA) is 84.5 Å². The highest BCUT2D eigenvalue weighted by Gasteiger charge is 2.55. The summed E-state index contributed by atoms with van der Waals surface area (Å²) in [5.41, 5.74) is -0.256. The maximum Gasteiger partial charge on any atom is 0.307 e. The summed E-state index contributed by atoms with van der Waals surface area (Å²) < 4.78 is 4.58. The van der Waals surface area contributed by atoms with Crippen molar-refractivity contribution in [3.63, 3.8) is 0 Å². The number of carbonyl (C=O) groups is 3. The second-order valence-corrected chi connectivity index (χ2v) is 9.01. The van der Waals surface area contributed by atoms with Crippen LogP contribution in [0.4, 0.5) is 0 Å². The van der Waals surface area contributed by atoms with Gasteiger partial charge in [-0.3, -0.25) is 14.4 Å². The summed E-state index contributed by atoms with van der Waals surface area (Å²) in [4.78, 5) is 36.9. The van der Waals surface area contributed by atoms with E-state index in [-0.39, 0.29) is 42.1 Å². The molecule has 2 N–H and O–H groups in total. The fourth-order valence-electron chi connectivity index (χ4n) is 5.72. The van der Waals surface area contributed by atoms with Gasteiger partial charge < -0.3 is 15.4 Å². The lowest BCUT2D eigenvalue weighted by Gasteiger charge is -2.55. The van der Waals surface area contributed by atoms with Crippen molar-refractivity contribution in [2.24, 2.45) is 29.1 Å². The van der Waals surface area contributed by atoms with E-state index in [1.165, 1.54) is 26.4 Å². The molecule has 6 nitrogen and oxygen atoms in total. The Morgan fingerprint density at radius 2 is 1.58 bits per heavy atom. The van der Waals surface area contributed by atoms with Crippen LogP contribution in [0.5, 0.6) is 0 Å². The number of hydrogen-bond donors (Lipinski definition) is 2. The largest absolute Gasteiger partial charge is 0.469 e. The van der Waals surface area contributed by atoms with Crippen molar-refractivity contribution >= 4 is 17.8 Å². The number of hydrogen-bond acceptors (Lipinski definition) is 4. The highest BCUT2D eigenvalue weighted by molar-refractivity contribution is 5.90. The van der Waals surface area contributed by atoms with Crippen LogP contribution in [0.3, 0.4) is 0 Å². The highest BCUT2D eigenvalue weighted by atomic mass is 16.5. The summed E-state index contributed by atoms with van der Waals surface area (Å²) in [7, 11) is 1.33. The molecule has 0 aromatic heterocycles. The standard InChI is InChI=1S/C20H32N2O4/c1-12(2)17(18(24)21-5-4-16(23)26-3)22-19(25)20-9-13-6-14(10-20)8-15(7-13)11-20/h12-15,17H,4-11H2,1-3H3,(H,21,24)(H,22,25). The number of carbonyl (C=O) groups excluding carboxylic acids is 3. The van der Waals surface area contributed by atoms with Crippen LogP contribution in [0, 0.1) is 29.1 Å². The molecule has 6 heteroatoms. The molecule has 2 amide bonds. The Hall–Kier alpha value is -1.59. The Morgan fingerprint density at radius 1 is 1.04 bits per heavy atom. The molecular weight excluding hydrogens is 332 g/mol. The number of esters is 1. The predicted molar refractivity (Wildman–Crippen MR) is 97.0 cm³/mol. The van der Waals surface area contributed by atoms with Gasteiger partial charge in [-0.05, 0) is 62.2 Å². The Labute approximate surface area is 155 Å². The van der Waals surface area contributed by atoms with Crippen LogP contribution in [0.25, 0.3) is 0 Å². The predicted octanol–water partition coefficient (Wildman–Crippen LogP) is 2.02. The highest BCUT2D eigenvalue weighted by Crippen LogP contribution is 2.60. The minimum absolute atomic E-state index is 0.00834. The summed E-state index contributed by atoms with van der Waals surface area (Å²) in [6.07, 6.45) is 6.95. The van der Waals surface area contributed by atoms with Gasteiger partial charge in [0.15, 0.2) is 0 Å². The number of amides is 2. The average Bonchev–Trinajstić information content (AvgIpc) is 2.57. The average molecular weight is 364 g/mol. The SMILES string of the molecule is COC(=O)CCNC(=O)C(NC(=O)C12CC3CC(CC(C3)C1)C2)C(C)C. The zero-order valence-electron chi connectivity index (χ0n) is 16.2. The Balaban J connectivity index is 1.60. The third-order valence-electron chi connectivity index (χ3n) is 6.61. The molecule has 4 bridgehead atoms. The van der Waals surface area contributed by atoms with Crippen LogP contribution in [-0.2, 0) is 19.1 Å². The van der Waals surface area contributed by atoms with Gasteiger partial charge in [-0.15, -0.1) is 0 Å². The first kappa shape index (κ1) is 19.2. The molecule has 0 spiro atoms. The Bertz CT molecular complexity index is 537. The number of nitrogens with one attached hydrogen (secondary N) is 2. The lowest BCUT2D eigenvalue weighted by Crippen LogP contribution is -2.58. The van der Waals surface area contributed by atoms with Crippen molar-refractivity contribution in [2.75, 3.05) is 13.7 Å². The first-order valence-corrected chi connectivity index (χ1v) is 9.98. The van der Waals surface area contributed by atoms with Crippen LogP contribution in [0.15, 0.2) is 0 Å². The zero-order chi connectivity index (χ0) is 18.9. The molecule has 4 aliphatic rings. The quantitative estimate of drug-likeness (QED) is 0.677. The lowest BCUT2D eigenvalue weighted by molar-refractivity contribution is -0.149. The van der Waals surface area contributed by atoms with Crippen LogP contribution >= 0.6 is 0 Å². The maximum atomic E-state index is 13.2. The lowest BCUT2D eigenvalue weighted by atomic mass is 9.49. The van der Waals surface area contributed by atoms with Crippen molar-refractivity contribution in [3.05, 3.63) is 0 Å². The third kappa shape index (κ3) is 3.89. The first-order valence-electron chi connectivity index (χ1n) is 9.98. The summed E-state index contributed by atoms with van der Waals surface area (Å²) >= 11 is 0. The maximum absolute atomic E-state index is 13.2. The smallest absolute Gasteiger partial charge is 0.307 e. The minimum atomic E-state index is -0.562. The molecule has 4 saturated carbocycles. The van der Waals surface area contributed by atoms with E-state index in [1.807, 2.05) is 13.8 Å². The van der Waals surface area contributed by atoms with Crippen LogP contribution in [0.1, 0.15) is 58.8 Å². The van der Waals surface area contributed by atoms with Crippen LogP contribution in [-0.4, -0.2) is 37.5 Å². The van der Waals surface area contributed by atoms with Gasteiger partial charge in [-0.2, -0.15) is 0 Å². The van der Waals surface area contributed by atoms with E-state index in [0.717, 1.165) is 19.3 Å². The number of rotatable bonds is 7. The molecule has 146 valence electrons. The van der Waals surface area contributed by atoms with Crippen LogP contribution in [0.2, 0.25) is 0 Å². The molecule has 0 radical (unpaired) electrons. The van der Waals surface area contributed by atoms with Gasteiger partial charge >= 0.3 is 5.97 Å². The summed E-state index contributed by atoms with van der Waals surface area (Å²) in [5.74, 6) is 1.56. The minimum Gasteiger partial charge on any atom is -0.469 e. The van der Waals surface area contributed by atoms with Crippen molar-refractivity contribution in [2.45, 2.75) is 64.8 Å². The van der Waals surface area contributed by atoms with Gasteiger partial charge in [-0.25, -0.2) is 0 Å². The fraction of sp³-hybridized carbons (Fsp3) is 0.850. The molecular formula is C20H32N2O4. The zero-order valence-corrected chi connectivity index (χ0v) is 16.2. The Morgan fingerprint density at radius 3 is 2.04 bits per heavy atom. The van der Waals surface area contributed by atoms with Crippen molar-refractivity contribution in [1.29, 1.82) is 0 Å². The molecule has 26 heavy (non-hydrogen) atoms. The van der Waals surface area contributed by atoms with Gasteiger partial charge in [0.25, 0.3) is 0 Å². The van der Waals surface area contributed by atoms with E-state index in [2.05, 4.69) is 15.4 Å². The van der Waals surface area contributed by atoms with E-state index in [1.54, 1.807) is 0 Å². The van der Waals surface area contributed by atoms with Crippen molar-refractivity contribution in [1.82, 2.24) is 10.6 Å². The van der Waals surface area contributed by atoms with Gasteiger partial charge in [0.1, 0.15) is 6.04 Å². The molecule has 0 aliphatic heterocycles. The summed E-state index contributed by atoms with van der Waals surface area (Å²) in [6, 6.07) is -0.562. The van der Waals surface area contributed by atoms with Crippen LogP contribution < -0.4 is 10.6 Å². The van der Waals surface area contributed by atoms with Gasteiger partial charge in [0, 0.05) is 12.0 Å². The Kier molecular flexibility index (Phi) is 5.58. The van der Waals surface area contributed by atoms with Gasteiger partial charge in [-0.1, -0.05) is 13.8 Å². The second kappa shape index (κ2) is 7.57. The third-order valence-corrected chi connectivity index (χ3v) is 6.61.